The summed E-state index contributed by atoms with van der Waals surface area (Å²) in [5, 5.41) is 0. The third-order valence-electron chi connectivity index (χ3n) is 4.26. The van der Waals surface area contributed by atoms with E-state index in [9.17, 15) is 8.78 Å². The lowest BCUT2D eigenvalue weighted by Gasteiger charge is -2.21. The summed E-state index contributed by atoms with van der Waals surface area (Å²) in [5.41, 5.74) is 0.309. The van der Waals surface area contributed by atoms with Gasteiger partial charge in [0.15, 0.2) is 11.6 Å². The van der Waals surface area contributed by atoms with Crippen LogP contribution >= 0.6 is 0 Å². The summed E-state index contributed by atoms with van der Waals surface area (Å²) in [4.78, 5) is 0. The molecule has 0 amide bonds. The van der Waals surface area contributed by atoms with Crippen LogP contribution in [0.1, 0.15) is 44.1 Å². The van der Waals surface area contributed by atoms with Gasteiger partial charge in [-0.05, 0) is 43.2 Å². The summed E-state index contributed by atoms with van der Waals surface area (Å²) in [6.45, 7) is 0.471. The quantitative estimate of drug-likeness (QED) is 0.715. The molecule has 0 unspecified atom stereocenters. The van der Waals surface area contributed by atoms with E-state index in [1.165, 1.54) is 25.3 Å². The maximum atomic E-state index is 13.9. The van der Waals surface area contributed by atoms with Crippen molar-refractivity contribution in [1.82, 2.24) is 0 Å². The molecule has 3 rings (SSSR count). The summed E-state index contributed by atoms with van der Waals surface area (Å²) in [6.07, 6.45) is 10.6. The molecule has 1 aromatic rings. The van der Waals surface area contributed by atoms with Crippen LogP contribution in [0.2, 0.25) is 0 Å². The highest BCUT2D eigenvalue weighted by molar-refractivity contribution is 5.52. The zero-order valence-corrected chi connectivity index (χ0v) is 11.6. The molecule has 0 N–H and O–H groups in total. The first-order valence-corrected chi connectivity index (χ1v) is 7.53. The van der Waals surface area contributed by atoms with Crippen molar-refractivity contribution in [3.8, 4) is 5.75 Å². The van der Waals surface area contributed by atoms with Crippen molar-refractivity contribution in [2.24, 2.45) is 11.8 Å². The van der Waals surface area contributed by atoms with Crippen molar-refractivity contribution in [3.05, 3.63) is 35.4 Å². The summed E-state index contributed by atoms with van der Waals surface area (Å²) >= 11 is 0. The lowest BCUT2D eigenvalue weighted by Crippen LogP contribution is -2.07. The Morgan fingerprint density at radius 2 is 1.90 bits per heavy atom. The molecule has 0 aromatic heterocycles. The van der Waals surface area contributed by atoms with E-state index >= 15 is 0 Å². The molecule has 0 heterocycles. The van der Waals surface area contributed by atoms with Crippen LogP contribution in [0.4, 0.5) is 8.78 Å². The van der Waals surface area contributed by atoms with E-state index < -0.39 is 11.6 Å². The smallest absolute Gasteiger partial charge is 0.201 e. The van der Waals surface area contributed by atoms with Crippen molar-refractivity contribution in [1.29, 1.82) is 0 Å². The highest BCUT2D eigenvalue weighted by Crippen LogP contribution is 2.33. The SMILES string of the molecule is Fc1c(/C=C/C2CCC2)ccc(OCCC2CC2)c1F. The number of ether oxygens (including phenoxy) is 1. The molecule has 0 saturated heterocycles. The fourth-order valence-corrected chi connectivity index (χ4v) is 2.40. The molecule has 1 nitrogen and oxygen atoms in total. The van der Waals surface area contributed by atoms with Crippen LogP contribution in [0.25, 0.3) is 6.08 Å². The number of benzene rings is 1. The third-order valence-corrected chi connectivity index (χ3v) is 4.26. The van der Waals surface area contributed by atoms with E-state index in [0.717, 1.165) is 25.2 Å². The van der Waals surface area contributed by atoms with Crippen molar-refractivity contribution >= 4 is 6.08 Å². The standard InChI is InChI=1S/C17H20F2O/c18-16-14(7-6-12-2-1-3-12)8-9-15(17(16)19)20-11-10-13-4-5-13/h6-9,12-13H,1-5,10-11H2/b7-6+. The first-order chi connectivity index (χ1) is 9.74. The average molecular weight is 278 g/mol. The molecule has 108 valence electrons. The Labute approximate surface area is 118 Å². The van der Waals surface area contributed by atoms with Gasteiger partial charge in [0.25, 0.3) is 0 Å². The Bertz CT molecular complexity index is 502. The summed E-state index contributed by atoms with van der Waals surface area (Å²) in [7, 11) is 0. The Balaban J connectivity index is 1.63. The molecular weight excluding hydrogens is 258 g/mol. The highest BCUT2D eigenvalue weighted by atomic mass is 19.2. The first-order valence-electron chi connectivity index (χ1n) is 7.53. The molecule has 2 aliphatic rings. The molecule has 3 heteroatoms. The minimum absolute atomic E-state index is 0.0314. The van der Waals surface area contributed by atoms with Crippen molar-refractivity contribution in [2.75, 3.05) is 6.61 Å². The van der Waals surface area contributed by atoms with Crippen LogP contribution in [0.5, 0.6) is 5.75 Å². The lowest BCUT2D eigenvalue weighted by atomic mass is 9.85. The molecule has 0 radical (unpaired) electrons. The summed E-state index contributed by atoms with van der Waals surface area (Å²) in [5.74, 6) is -0.371. The third kappa shape index (κ3) is 3.20. The molecule has 2 saturated carbocycles. The normalized spacial score (nSPS) is 19.3. The topological polar surface area (TPSA) is 9.23 Å². The van der Waals surface area contributed by atoms with Crippen LogP contribution < -0.4 is 4.74 Å². The van der Waals surface area contributed by atoms with Crippen molar-refractivity contribution in [2.45, 2.75) is 38.5 Å². The average Bonchev–Trinajstić information content (AvgIpc) is 3.19. The van der Waals surface area contributed by atoms with Gasteiger partial charge in [-0.15, -0.1) is 0 Å². The van der Waals surface area contributed by atoms with Gasteiger partial charge in [0.05, 0.1) is 6.61 Å². The number of hydrogen-bond acceptors (Lipinski definition) is 1. The van der Waals surface area contributed by atoms with Crippen molar-refractivity contribution in [3.63, 3.8) is 0 Å². The number of rotatable bonds is 6. The molecule has 1 aromatic carbocycles. The molecule has 20 heavy (non-hydrogen) atoms. The zero-order valence-electron chi connectivity index (χ0n) is 11.6. The summed E-state index contributed by atoms with van der Waals surface area (Å²) < 4.78 is 33.2. The Morgan fingerprint density at radius 3 is 2.55 bits per heavy atom. The van der Waals surface area contributed by atoms with E-state index in [0.29, 0.717) is 18.1 Å². The molecule has 0 aliphatic heterocycles. The maximum Gasteiger partial charge on any atom is 0.201 e. The largest absolute Gasteiger partial charge is 0.490 e. The van der Waals surface area contributed by atoms with Gasteiger partial charge >= 0.3 is 0 Å². The Morgan fingerprint density at radius 1 is 1.10 bits per heavy atom. The van der Waals surface area contributed by atoms with Crippen LogP contribution in [0, 0.1) is 23.5 Å². The minimum Gasteiger partial charge on any atom is -0.490 e. The van der Waals surface area contributed by atoms with Crippen molar-refractivity contribution < 1.29 is 13.5 Å². The predicted octanol–water partition coefficient (Wildman–Crippen LogP) is 4.96. The molecule has 2 aliphatic carbocycles. The van der Waals surface area contributed by atoms with Crippen LogP contribution in [0.15, 0.2) is 18.2 Å². The van der Waals surface area contributed by atoms with E-state index in [4.69, 9.17) is 4.74 Å². The Kier molecular flexibility index (Phi) is 4.04. The minimum atomic E-state index is -0.864. The summed E-state index contributed by atoms with van der Waals surface area (Å²) in [6, 6.07) is 3.13. The van der Waals surface area contributed by atoms with Gasteiger partial charge < -0.3 is 4.74 Å². The molecular formula is C17H20F2O. The van der Waals surface area contributed by atoms with E-state index in [2.05, 4.69) is 0 Å². The van der Waals surface area contributed by atoms with Gasteiger partial charge in [-0.3, -0.25) is 0 Å². The number of hydrogen-bond donors (Lipinski definition) is 0. The van der Waals surface area contributed by atoms with Gasteiger partial charge in [-0.25, -0.2) is 4.39 Å². The number of halogens is 2. The van der Waals surface area contributed by atoms with Crippen LogP contribution in [0.3, 0.4) is 0 Å². The predicted molar refractivity (Wildman–Crippen MR) is 75.6 cm³/mol. The van der Waals surface area contributed by atoms with E-state index in [1.54, 1.807) is 12.1 Å². The maximum absolute atomic E-state index is 13.9. The second-order valence-electron chi connectivity index (χ2n) is 5.91. The fourth-order valence-electron chi connectivity index (χ4n) is 2.40. The van der Waals surface area contributed by atoms with E-state index in [-0.39, 0.29) is 5.75 Å². The molecule has 2 fully saturated rings. The van der Waals surface area contributed by atoms with Gasteiger partial charge in [-0.2, -0.15) is 4.39 Å². The van der Waals surface area contributed by atoms with Gasteiger partial charge in [0.1, 0.15) is 0 Å². The van der Waals surface area contributed by atoms with Crippen LogP contribution in [-0.2, 0) is 0 Å². The monoisotopic (exact) mass is 278 g/mol. The highest BCUT2D eigenvalue weighted by Gasteiger charge is 2.21. The van der Waals surface area contributed by atoms with E-state index in [1.807, 2.05) is 6.08 Å². The number of allylic oxidation sites excluding steroid dienone is 1. The molecule has 0 spiro atoms. The molecule has 0 bridgehead atoms. The Hall–Kier alpha value is -1.38. The molecule has 0 atom stereocenters. The van der Waals surface area contributed by atoms with Gasteiger partial charge in [0, 0.05) is 5.56 Å². The lowest BCUT2D eigenvalue weighted by molar-refractivity contribution is 0.283. The second-order valence-corrected chi connectivity index (χ2v) is 5.91. The van der Waals surface area contributed by atoms with Gasteiger partial charge in [-0.1, -0.05) is 31.4 Å². The zero-order chi connectivity index (χ0) is 13.9. The fraction of sp³-hybridized carbons (Fsp3) is 0.529. The van der Waals surface area contributed by atoms with Crippen LogP contribution in [-0.4, -0.2) is 6.61 Å². The second kappa shape index (κ2) is 5.94. The first kappa shape index (κ1) is 13.6. The van der Waals surface area contributed by atoms with Gasteiger partial charge in [0.2, 0.25) is 5.82 Å².